The lowest BCUT2D eigenvalue weighted by atomic mass is 9.98. The molecule has 2 aromatic carbocycles. The van der Waals surface area contributed by atoms with Gasteiger partial charge in [-0.3, -0.25) is 0 Å². The average Bonchev–Trinajstić information content (AvgIpc) is 2.76. The highest BCUT2D eigenvalue weighted by molar-refractivity contribution is 5.14. The lowest BCUT2D eigenvalue weighted by molar-refractivity contribution is -0.364. The van der Waals surface area contributed by atoms with Gasteiger partial charge in [-0.25, -0.2) is 0 Å². The van der Waals surface area contributed by atoms with Crippen LogP contribution in [-0.4, -0.2) is 48.8 Å². The zero-order valence-electron chi connectivity index (χ0n) is 16.5. The first-order valence-corrected chi connectivity index (χ1v) is 9.73. The van der Waals surface area contributed by atoms with Crippen LogP contribution in [0.25, 0.3) is 0 Å². The molecule has 0 bridgehead atoms. The van der Waals surface area contributed by atoms with Gasteiger partial charge in [0, 0.05) is 0 Å². The maximum absolute atomic E-state index is 15.0. The second-order valence-corrected chi connectivity index (χ2v) is 7.01. The molecule has 0 unspecified atom stereocenters. The number of halogens is 2. The molecule has 1 fully saturated rings. The van der Waals surface area contributed by atoms with Crippen molar-refractivity contribution >= 4 is 0 Å². The van der Waals surface area contributed by atoms with Crippen molar-refractivity contribution in [3.8, 4) is 0 Å². The van der Waals surface area contributed by atoms with Crippen molar-refractivity contribution in [2.75, 3.05) is 13.2 Å². The van der Waals surface area contributed by atoms with Crippen LogP contribution in [0, 0.1) is 0 Å². The molecular formula is C23H26F2O5. The van der Waals surface area contributed by atoms with Gasteiger partial charge in [-0.15, -0.1) is 6.58 Å². The zero-order chi connectivity index (χ0) is 21.4. The van der Waals surface area contributed by atoms with Crippen molar-refractivity contribution in [3.05, 3.63) is 84.4 Å². The van der Waals surface area contributed by atoms with E-state index in [4.69, 9.17) is 18.9 Å². The number of ether oxygens (including phenoxy) is 4. The highest BCUT2D eigenvalue weighted by atomic mass is 19.3. The Morgan fingerprint density at radius 1 is 0.967 bits per heavy atom. The Labute approximate surface area is 174 Å². The molecule has 1 N–H and O–H groups in total. The summed E-state index contributed by atoms with van der Waals surface area (Å²) in [5.41, 5.74) is 1.64. The van der Waals surface area contributed by atoms with E-state index in [9.17, 15) is 13.9 Å². The van der Waals surface area contributed by atoms with Crippen molar-refractivity contribution in [1.29, 1.82) is 0 Å². The van der Waals surface area contributed by atoms with Gasteiger partial charge in [0.25, 0.3) is 0 Å². The van der Waals surface area contributed by atoms with Crippen LogP contribution in [0.4, 0.5) is 8.78 Å². The molecule has 4 atom stereocenters. The number of rotatable bonds is 10. The summed E-state index contributed by atoms with van der Waals surface area (Å²) in [5.74, 6) is -3.56. The minimum absolute atomic E-state index is 0.0794. The van der Waals surface area contributed by atoms with Crippen LogP contribution < -0.4 is 0 Å². The van der Waals surface area contributed by atoms with Gasteiger partial charge in [-0.05, 0) is 11.1 Å². The van der Waals surface area contributed by atoms with Crippen molar-refractivity contribution < 1.29 is 32.8 Å². The Morgan fingerprint density at radius 3 is 2.17 bits per heavy atom. The molecule has 0 aliphatic carbocycles. The summed E-state index contributed by atoms with van der Waals surface area (Å²) >= 11 is 0. The molecule has 30 heavy (non-hydrogen) atoms. The van der Waals surface area contributed by atoms with Crippen LogP contribution in [0.3, 0.4) is 0 Å². The predicted octanol–water partition coefficient (Wildman–Crippen LogP) is 3.71. The van der Waals surface area contributed by atoms with Crippen LogP contribution in [0.5, 0.6) is 0 Å². The summed E-state index contributed by atoms with van der Waals surface area (Å²) in [4.78, 5) is 0. The number of alkyl halides is 2. The van der Waals surface area contributed by atoms with Gasteiger partial charge >= 0.3 is 5.92 Å². The summed E-state index contributed by atoms with van der Waals surface area (Å²) in [6.07, 6.45) is -4.98. The van der Waals surface area contributed by atoms with E-state index in [0.717, 1.165) is 5.56 Å². The molecule has 1 aliphatic heterocycles. The topological polar surface area (TPSA) is 57.2 Å². The first kappa shape index (κ1) is 22.5. The van der Waals surface area contributed by atoms with Crippen molar-refractivity contribution in [2.45, 2.75) is 43.7 Å². The highest BCUT2D eigenvalue weighted by Gasteiger charge is 2.59. The van der Waals surface area contributed by atoms with E-state index >= 15 is 0 Å². The van der Waals surface area contributed by atoms with Gasteiger partial charge in [-0.1, -0.05) is 66.7 Å². The molecular weight excluding hydrogens is 394 g/mol. The number of hydrogen-bond acceptors (Lipinski definition) is 5. The molecule has 7 heteroatoms. The summed E-state index contributed by atoms with van der Waals surface area (Å²) in [6, 6.07) is 18.3. The number of aliphatic hydroxyl groups is 1. The Balaban J connectivity index is 1.68. The third-order valence-electron chi connectivity index (χ3n) is 4.71. The minimum Gasteiger partial charge on any atom is -0.387 e. The van der Waals surface area contributed by atoms with Crippen molar-refractivity contribution in [1.82, 2.24) is 0 Å². The molecule has 2 aromatic rings. The first-order valence-electron chi connectivity index (χ1n) is 9.73. The van der Waals surface area contributed by atoms with E-state index in [1.54, 1.807) is 24.3 Å². The SMILES string of the molecule is C=CCO[C@@H]1O[C@H](COCc2ccccc2)[C@@H](O)[C@H](OCc2ccccc2)C1(F)F. The smallest absolute Gasteiger partial charge is 0.326 e. The molecule has 0 aromatic heterocycles. The number of benzene rings is 2. The van der Waals surface area contributed by atoms with Gasteiger partial charge in [-0.2, -0.15) is 8.78 Å². The van der Waals surface area contributed by atoms with Gasteiger partial charge in [0.15, 0.2) is 6.10 Å². The second kappa shape index (κ2) is 10.7. The molecule has 1 saturated heterocycles. The van der Waals surface area contributed by atoms with E-state index in [0.29, 0.717) is 5.56 Å². The minimum atomic E-state index is -3.56. The fourth-order valence-electron chi connectivity index (χ4n) is 3.17. The van der Waals surface area contributed by atoms with E-state index in [2.05, 4.69) is 6.58 Å². The summed E-state index contributed by atoms with van der Waals surface area (Å²) in [7, 11) is 0. The van der Waals surface area contributed by atoms with E-state index in [1.807, 2.05) is 36.4 Å². The standard InChI is InChI=1S/C23H26F2O5/c1-2-13-28-22-23(24,25)21(29-15-18-11-7-4-8-12-18)20(26)19(30-22)16-27-14-17-9-5-3-6-10-17/h2-12,19-22,26H,1,13-16H2/t19-,20-,21+,22-/m1/s1. The van der Waals surface area contributed by atoms with Crippen LogP contribution >= 0.6 is 0 Å². The van der Waals surface area contributed by atoms with E-state index in [1.165, 1.54) is 6.08 Å². The molecule has 1 aliphatic rings. The summed E-state index contributed by atoms with van der Waals surface area (Å²) in [6.45, 7) is 3.44. The maximum atomic E-state index is 15.0. The first-order chi connectivity index (χ1) is 14.5. The van der Waals surface area contributed by atoms with Crippen molar-refractivity contribution in [3.63, 3.8) is 0 Å². The molecule has 0 saturated carbocycles. The molecule has 0 radical (unpaired) electrons. The lowest BCUT2D eigenvalue weighted by Crippen LogP contribution is -2.64. The summed E-state index contributed by atoms with van der Waals surface area (Å²) < 4.78 is 51.5. The highest BCUT2D eigenvalue weighted by Crippen LogP contribution is 2.38. The Bertz CT molecular complexity index is 772. The third-order valence-corrected chi connectivity index (χ3v) is 4.71. The summed E-state index contributed by atoms with van der Waals surface area (Å²) in [5, 5.41) is 10.6. The van der Waals surface area contributed by atoms with Crippen LogP contribution in [0.2, 0.25) is 0 Å². The normalized spacial score (nSPS) is 25.7. The third kappa shape index (κ3) is 5.71. The Kier molecular flexibility index (Phi) is 8.07. The zero-order valence-corrected chi connectivity index (χ0v) is 16.5. The molecule has 162 valence electrons. The molecule has 3 rings (SSSR count). The Hall–Kier alpha value is -2.16. The van der Waals surface area contributed by atoms with Crippen LogP contribution in [-0.2, 0) is 32.2 Å². The molecule has 0 spiro atoms. The fraction of sp³-hybridized carbons (Fsp3) is 0.391. The molecule has 5 nitrogen and oxygen atoms in total. The lowest BCUT2D eigenvalue weighted by Gasteiger charge is -2.43. The quantitative estimate of drug-likeness (QED) is 0.594. The predicted molar refractivity (Wildman–Crippen MR) is 107 cm³/mol. The van der Waals surface area contributed by atoms with Crippen molar-refractivity contribution in [2.24, 2.45) is 0 Å². The fourth-order valence-corrected chi connectivity index (χ4v) is 3.17. The van der Waals surface area contributed by atoms with Crippen LogP contribution in [0.15, 0.2) is 73.3 Å². The Morgan fingerprint density at radius 2 is 1.57 bits per heavy atom. The molecule has 0 amide bonds. The average molecular weight is 420 g/mol. The number of aliphatic hydroxyl groups excluding tert-OH is 1. The monoisotopic (exact) mass is 420 g/mol. The van der Waals surface area contributed by atoms with Gasteiger partial charge in [0.1, 0.15) is 12.2 Å². The number of hydrogen-bond donors (Lipinski definition) is 1. The molecule has 1 heterocycles. The van der Waals surface area contributed by atoms with E-state index < -0.39 is 30.5 Å². The largest absolute Gasteiger partial charge is 0.387 e. The van der Waals surface area contributed by atoms with Gasteiger partial charge < -0.3 is 24.1 Å². The van der Waals surface area contributed by atoms with E-state index in [-0.39, 0.29) is 26.4 Å². The van der Waals surface area contributed by atoms with Gasteiger partial charge in [0.2, 0.25) is 6.29 Å². The maximum Gasteiger partial charge on any atom is 0.326 e. The van der Waals surface area contributed by atoms with Gasteiger partial charge in [0.05, 0.1) is 26.4 Å². The second-order valence-electron chi connectivity index (χ2n) is 7.01. The van der Waals surface area contributed by atoms with Crippen LogP contribution in [0.1, 0.15) is 11.1 Å².